The van der Waals surface area contributed by atoms with Gasteiger partial charge in [-0.3, -0.25) is 0 Å². The topological polar surface area (TPSA) is 26.3 Å². The standard InChI is InChI=1S/C8H14.C5H8O2/c1-2-8-6-4-3-5-7-8;1-4(2)5(6)7-3/h6H,2-5,7H2,1H3;1H2,2-3H3. The molecule has 0 spiro atoms. The lowest BCUT2D eigenvalue weighted by molar-refractivity contribution is -0.136. The van der Waals surface area contributed by atoms with Crippen LogP contribution in [0.15, 0.2) is 23.8 Å². The van der Waals surface area contributed by atoms with E-state index < -0.39 is 0 Å². The van der Waals surface area contributed by atoms with Crippen LogP contribution in [0.1, 0.15) is 46.0 Å². The highest BCUT2D eigenvalue weighted by molar-refractivity contribution is 5.86. The molecule has 0 unspecified atom stereocenters. The van der Waals surface area contributed by atoms with Crippen molar-refractivity contribution in [2.75, 3.05) is 7.11 Å². The van der Waals surface area contributed by atoms with E-state index in [0.717, 1.165) is 0 Å². The van der Waals surface area contributed by atoms with Gasteiger partial charge in [-0.15, -0.1) is 0 Å². The van der Waals surface area contributed by atoms with E-state index in [1.165, 1.54) is 39.2 Å². The number of hydrogen-bond acceptors (Lipinski definition) is 2. The first-order valence-electron chi connectivity index (χ1n) is 5.53. The van der Waals surface area contributed by atoms with Crippen molar-refractivity contribution in [1.29, 1.82) is 0 Å². The van der Waals surface area contributed by atoms with Crippen LogP contribution in [-0.2, 0) is 9.53 Å². The van der Waals surface area contributed by atoms with Gasteiger partial charge in [-0.05, 0) is 39.0 Å². The molecular formula is C13H22O2. The lowest BCUT2D eigenvalue weighted by Crippen LogP contribution is -1.98. The van der Waals surface area contributed by atoms with Crippen LogP contribution in [0.4, 0.5) is 0 Å². The number of carbonyl (C=O) groups excluding carboxylic acids is 1. The Balaban J connectivity index is 0.000000265. The summed E-state index contributed by atoms with van der Waals surface area (Å²) in [4.78, 5) is 10.2. The van der Waals surface area contributed by atoms with E-state index in [-0.39, 0.29) is 5.97 Å². The number of rotatable bonds is 2. The molecule has 0 N–H and O–H groups in total. The van der Waals surface area contributed by atoms with Gasteiger partial charge in [0.05, 0.1) is 7.11 Å². The van der Waals surface area contributed by atoms with Gasteiger partial charge < -0.3 is 4.74 Å². The van der Waals surface area contributed by atoms with Crippen LogP contribution in [0.5, 0.6) is 0 Å². The van der Waals surface area contributed by atoms with E-state index in [2.05, 4.69) is 24.3 Å². The number of hydrogen-bond donors (Lipinski definition) is 0. The highest BCUT2D eigenvalue weighted by Crippen LogP contribution is 2.18. The molecule has 0 radical (unpaired) electrons. The zero-order valence-electron chi connectivity index (χ0n) is 10.1. The molecule has 0 aromatic carbocycles. The molecule has 2 nitrogen and oxygen atoms in total. The van der Waals surface area contributed by atoms with Crippen LogP contribution >= 0.6 is 0 Å². The predicted molar refractivity (Wildman–Crippen MR) is 63.7 cm³/mol. The molecule has 0 aliphatic heterocycles. The molecule has 0 aromatic heterocycles. The lowest BCUT2D eigenvalue weighted by atomic mass is 9.98. The minimum absolute atomic E-state index is 0.347. The van der Waals surface area contributed by atoms with E-state index in [4.69, 9.17) is 0 Å². The number of carbonyl (C=O) groups is 1. The van der Waals surface area contributed by atoms with E-state index in [0.29, 0.717) is 5.57 Å². The molecule has 1 aliphatic rings. The fourth-order valence-corrected chi connectivity index (χ4v) is 1.40. The van der Waals surface area contributed by atoms with Crippen molar-refractivity contribution in [2.24, 2.45) is 0 Å². The SMILES string of the molecule is C=C(C)C(=O)OC.CCC1=CCCCC1. The molecular weight excluding hydrogens is 188 g/mol. The Labute approximate surface area is 93.0 Å². The summed E-state index contributed by atoms with van der Waals surface area (Å²) < 4.78 is 4.27. The van der Waals surface area contributed by atoms with Gasteiger partial charge in [-0.25, -0.2) is 4.79 Å². The maximum Gasteiger partial charge on any atom is 0.332 e. The van der Waals surface area contributed by atoms with E-state index in [1.54, 1.807) is 12.5 Å². The highest BCUT2D eigenvalue weighted by atomic mass is 16.5. The van der Waals surface area contributed by atoms with Gasteiger partial charge in [0.2, 0.25) is 0 Å². The van der Waals surface area contributed by atoms with Crippen molar-refractivity contribution < 1.29 is 9.53 Å². The summed E-state index contributed by atoms with van der Waals surface area (Å²) in [6, 6.07) is 0. The molecule has 0 atom stereocenters. The molecule has 0 bridgehead atoms. The van der Waals surface area contributed by atoms with Crippen LogP contribution in [0.2, 0.25) is 0 Å². The fraction of sp³-hybridized carbons (Fsp3) is 0.615. The predicted octanol–water partition coefficient (Wildman–Crippen LogP) is 3.63. The quantitative estimate of drug-likeness (QED) is 0.395. The fourth-order valence-electron chi connectivity index (χ4n) is 1.40. The first kappa shape index (κ1) is 13.9. The first-order valence-corrected chi connectivity index (χ1v) is 5.53. The number of methoxy groups -OCH3 is 1. The van der Waals surface area contributed by atoms with Crippen LogP contribution in [0.3, 0.4) is 0 Å². The van der Waals surface area contributed by atoms with Crippen molar-refractivity contribution in [3.8, 4) is 0 Å². The summed E-state index contributed by atoms with van der Waals surface area (Å²) in [5, 5.41) is 0. The summed E-state index contributed by atoms with van der Waals surface area (Å²) in [7, 11) is 1.33. The van der Waals surface area contributed by atoms with Gasteiger partial charge in [0.1, 0.15) is 0 Å². The Morgan fingerprint density at radius 3 is 2.40 bits per heavy atom. The summed E-state index contributed by atoms with van der Waals surface area (Å²) in [6.07, 6.45) is 9.24. The lowest BCUT2D eigenvalue weighted by Gasteiger charge is -2.08. The van der Waals surface area contributed by atoms with Gasteiger partial charge in [-0.2, -0.15) is 0 Å². The average molecular weight is 210 g/mol. The maximum atomic E-state index is 10.2. The Morgan fingerprint density at radius 1 is 1.53 bits per heavy atom. The van der Waals surface area contributed by atoms with E-state index >= 15 is 0 Å². The van der Waals surface area contributed by atoms with Crippen molar-refractivity contribution >= 4 is 5.97 Å². The molecule has 0 saturated heterocycles. The zero-order valence-corrected chi connectivity index (χ0v) is 10.1. The van der Waals surface area contributed by atoms with Gasteiger partial charge in [0, 0.05) is 5.57 Å². The van der Waals surface area contributed by atoms with Crippen molar-refractivity contribution in [3.63, 3.8) is 0 Å². The van der Waals surface area contributed by atoms with Gasteiger partial charge in [-0.1, -0.05) is 25.2 Å². The number of ether oxygens (including phenoxy) is 1. The summed E-state index contributed by atoms with van der Waals surface area (Å²) in [6.45, 7) is 7.20. The number of allylic oxidation sites excluding steroid dienone is 2. The minimum atomic E-state index is -0.347. The summed E-state index contributed by atoms with van der Waals surface area (Å²) in [5.41, 5.74) is 2.11. The second-order valence-corrected chi connectivity index (χ2v) is 3.73. The Kier molecular flexibility index (Phi) is 7.69. The van der Waals surface area contributed by atoms with Crippen LogP contribution < -0.4 is 0 Å². The molecule has 0 fully saturated rings. The highest BCUT2D eigenvalue weighted by Gasteiger charge is 1.98. The van der Waals surface area contributed by atoms with Crippen LogP contribution in [0, 0.1) is 0 Å². The van der Waals surface area contributed by atoms with Crippen molar-refractivity contribution in [1.82, 2.24) is 0 Å². The largest absolute Gasteiger partial charge is 0.466 e. The molecule has 1 rings (SSSR count). The Hall–Kier alpha value is -1.05. The molecule has 0 saturated carbocycles. The average Bonchev–Trinajstić information content (AvgIpc) is 2.29. The molecule has 86 valence electrons. The van der Waals surface area contributed by atoms with Crippen LogP contribution in [0.25, 0.3) is 0 Å². The smallest absolute Gasteiger partial charge is 0.332 e. The molecule has 2 heteroatoms. The van der Waals surface area contributed by atoms with Gasteiger partial charge in [0.25, 0.3) is 0 Å². The second-order valence-electron chi connectivity index (χ2n) is 3.73. The molecule has 0 aromatic rings. The van der Waals surface area contributed by atoms with Gasteiger partial charge >= 0.3 is 5.97 Å². The van der Waals surface area contributed by atoms with Crippen LogP contribution in [-0.4, -0.2) is 13.1 Å². The monoisotopic (exact) mass is 210 g/mol. The summed E-state index contributed by atoms with van der Waals surface area (Å²) >= 11 is 0. The second kappa shape index (κ2) is 8.27. The molecule has 0 heterocycles. The minimum Gasteiger partial charge on any atom is -0.466 e. The van der Waals surface area contributed by atoms with Crippen molar-refractivity contribution in [2.45, 2.75) is 46.0 Å². The first-order chi connectivity index (χ1) is 7.11. The molecule has 0 amide bonds. The third kappa shape index (κ3) is 6.95. The summed E-state index contributed by atoms with van der Waals surface area (Å²) in [5.74, 6) is -0.347. The van der Waals surface area contributed by atoms with Gasteiger partial charge in [0.15, 0.2) is 0 Å². The maximum absolute atomic E-state index is 10.2. The molecule has 15 heavy (non-hydrogen) atoms. The number of esters is 1. The van der Waals surface area contributed by atoms with E-state index in [1.807, 2.05) is 0 Å². The molecule has 1 aliphatic carbocycles. The van der Waals surface area contributed by atoms with Crippen molar-refractivity contribution in [3.05, 3.63) is 23.8 Å². The van der Waals surface area contributed by atoms with E-state index in [9.17, 15) is 4.79 Å². The normalized spacial score (nSPS) is 14.5. The Bertz CT molecular complexity index is 239. The Morgan fingerprint density at radius 2 is 2.20 bits per heavy atom. The third-order valence-corrected chi connectivity index (χ3v) is 2.37. The third-order valence-electron chi connectivity index (χ3n) is 2.37. The zero-order chi connectivity index (χ0) is 11.7.